The molecule has 1 nitrogen and oxygen atoms in total. The minimum atomic E-state index is 0.624. The van der Waals surface area contributed by atoms with Gasteiger partial charge in [-0.2, -0.15) is 0 Å². The molecule has 0 heterocycles. The largest absolute Gasteiger partial charge is 0.483 e. The number of unbranched alkanes of at least 4 members (excludes halogenated alkanes) is 4. The minimum Gasteiger partial charge on any atom is -0.483 e. The highest BCUT2D eigenvalue weighted by molar-refractivity contribution is 7.80. The summed E-state index contributed by atoms with van der Waals surface area (Å²) in [4.78, 5) is 0. The third-order valence-corrected chi connectivity index (χ3v) is 5.64. The lowest BCUT2D eigenvalue weighted by Gasteiger charge is -2.06. The van der Waals surface area contributed by atoms with E-state index in [4.69, 9.17) is 17.0 Å². The van der Waals surface area contributed by atoms with E-state index in [0.29, 0.717) is 6.61 Å². The van der Waals surface area contributed by atoms with E-state index in [9.17, 15) is 0 Å². The van der Waals surface area contributed by atoms with Crippen molar-refractivity contribution in [3.63, 3.8) is 0 Å². The van der Waals surface area contributed by atoms with Crippen LogP contribution in [0.4, 0.5) is 0 Å². The van der Waals surface area contributed by atoms with E-state index in [1.165, 1.54) is 67.2 Å². The first-order chi connectivity index (χ1) is 14.3. The van der Waals surface area contributed by atoms with Crippen molar-refractivity contribution in [1.29, 1.82) is 0 Å². The maximum absolute atomic E-state index is 5.69. The second-order valence-corrected chi connectivity index (χ2v) is 9.35. The second-order valence-electron chi connectivity index (χ2n) is 8.90. The van der Waals surface area contributed by atoms with Crippen LogP contribution in [0.2, 0.25) is 0 Å². The van der Waals surface area contributed by atoms with Gasteiger partial charge in [-0.15, -0.1) is 0 Å². The van der Waals surface area contributed by atoms with E-state index in [0.717, 1.165) is 37.2 Å². The molecular formula is C28H48OS. The summed E-state index contributed by atoms with van der Waals surface area (Å²) in [6.45, 7) is 13.9. The lowest BCUT2D eigenvalue weighted by molar-refractivity contribution is 0.346. The molecule has 172 valence electrons. The van der Waals surface area contributed by atoms with Crippen LogP contribution >= 0.6 is 12.2 Å². The van der Waals surface area contributed by atoms with Gasteiger partial charge in [0.25, 0.3) is 0 Å². The summed E-state index contributed by atoms with van der Waals surface area (Å²) in [5, 5.41) is 0.774. The fourth-order valence-electron chi connectivity index (χ4n) is 3.21. The zero-order valence-corrected chi connectivity index (χ0v) is 21.6. The molecular weight excluding hydrogens is 384 g/mol. The summed E-state index contributed by atoms with van der Waals surface area (Å²) in [5.74, 6) is 0. The average Bonchev–Trinajstić information content (AvgIpc) is 2.67. The first-order valence-electron chi connectivity index (χ1n) is 12.1. The molecule has 0 unspecified atom stereocenters. The van der Waals surface area contributed by atoms with Gasteiger partial charge < -0.3 is 4.74 Å². The predicted molar refractivity (Wildman–Crippen MR) is 140 cm³/mol. The van der Waals surface area contributed by atoms with Gasteiger partial charge in [0.15, 0.2) is 5.05 Å². The molecule has 0 bridgehead atoms. The van der Waals surface area contributed by atoms with Crippen molar-refractivity contribution in [2.45, 2.75) is 119 Å². The molecule has 0 aliphatic heterocycles. The molecule has 30 heavy (non-hydrogen) atoms. The third-order valence-electron chi connectivity index (χ3n) is 5.31. The number of ether oxygens (including phenoxy) is 1. The predicted octanol–water partition coefficient (Wildman–Crippen LogP) is 9.84. The molecule has 0 fully saturated rings. The first-order valence-corrected chi connectivity index (χ1v) is 12.5. The van der Waals surface area contributed by atoms with Gasteiger partial charge in [-0.1, -0.05) is 73.1 Å². The SMILES string of the molecule is CCCCCCCC(=S)OC/C=C(\C)CC/C=C(\C)CC/C=C(\C)CCC=C(C)C. The average molecular weight is 433 g/mol. The Morgan fingerprint density at radius 3 is 1.67 bits per heavy atom. The van der Waals surface area contributed by atoms with Crippen molar-refractivity contribution < 1.29 is 4.74 Å². The standard InChI is InChI=1S/C28H48OS/c1-7-8-9-10-11-21-28(30)29-23-22-27(6)20-14-19-26(5)18-13-17-25(4)16-12-15-24(2)3/h15,17,19,22H,7-14,16,18,20-21,23H2,1-6H3/b25-17+,26-19+,27-22+. The third kappa shape index (κ3) is 20.1. The van der Waals surface area contributed by atoms with Gasteiger partial charge in [0, 0.05) is 6.42 Å². The summed E-state index contributed by atoms with van der Waals surface area (Å²) in [5.41, 5.74) is 5.81. The molecule has 0 radical (unpaired) electrons. The molecule has 0 amide bonds. The van der Waals surface area contributed by atoms with Crippen LogP contribution in [0.15, 0.2) is 46.6 Å². The molecule has 0 aliphatic rings. The molecule has 0 aliphatic carbocycles. The van der Waals surface area contributed by atoms with Crippen molar-refractivity contribution in [3.8, 4) is 0 Å². The summed E-state index contributed by atoms with van der Waals surface area (Å²) >= 11 is 5.33. The van der Waals surface area contributed by atoms with Crippen LogP contribution in [0.3, 0.4) is 0 Å². The molecule has 0 rings (SSSR count). The Hall–Kier alpha value is -1.15. The van der Waals surface area contributed by atoms with E-state index >= 15 is 0 Å². The molecule has 0 aromatic heterocycles. The highest BCUT2D eigenvalue weighted by Crippen LogP contribution is 2.13. The minimum absolute atomic E-state index is 0.624. The fourth-order valence-corrected chi connectivity index (χ4v) is 3.42. The Morgan fingerprint density at radius 1 is 0.633 bits per heavy atom. The van der Waals surface area contributed by atoms with Gasteiger partial charge in [-0.25, -0.2) is 0 Å². The van der Waals surface area contributed by atoms with E-state index in [1.54, 1.807) is 0 Å². The fraction of sp³-hybridized carbons (Fsp3) is 0.679. The van der Waals surface area contributed by atoms with Crippen LogP contribution in [0.1, 0.15) is 119 Å². The molecule has 0 saturated heterocycles. The summed E-state index contributed by atoms with van der Waals surface area (Å²) in [7, 11) is 0. The van der Waals surface area contributed by atoms with E-state index in [-0.39, 0.29) is 0 Å². The quantitative estimate of drug-likeness (QED) is 0.128. The van der Waals surface area contributed by atoms with E-state index in [1.807, 2.05) is 0 Å². The summed E-state index contributed by atoms with van der Waals surface area (Å²) in [6, 6.07) is 0. The molecule has 0 atom stereocenters. The second kappa shape index (κ2) is 19.8. The molecule has 0 spiro atoms. The molecule has 0 N–H and O–H groups in total. The molecule has 0 saturated carbocycles. The van der Waals surface area contributed by atoms with Gasteiger partial charge >= 0.3 is 0 Å². The monoisotopic (exact) mass is 432 g/mol. The highest BCUT2D eigenvalue weighted by Gasteiger charge is 1.98. The Bertz CT molecular complexity index is 573. The van der Waals surface area contributed by atoms with Crippen LogP contribution in [0.25, 0.3) is 0 Å². The zero-order chi connectivity index (χ0) is 22.6. The zero-order valence-electron chi connectivity index (χ0n) is 20.8. The van der Waals surface area contributed by atoms with Crippen LogP contribution in [-0.2, 0) is 4.74 Å². The van der Waals surface area contributed by atoms with Gasteiger partial charge in [0.2, 0.25) is 0 Å². The normalized spacial score (nSPS) is 12.8. The number of allylic oxidation sites excluding steroid dienone is 7. The highest BCUT2D eigenvalue weighted by atomic mass is 32.1. The van der Waals surface area contributed by atoms with Gasteiger partial charge in [-0.3, -0.25) is 0 Å². The van der Waals surface area contributed by atoms with Crippen molar-refractivity contribution in [2.24, 2.45) is 0 Å². The van der Waals surface area contributed by atoms with Gasteiger partial charge in [-0.05, 0) is 97.9 Å². The van der Waals surface area contributed by atoms with E-state index in [2.05, 4.69) is 65.8 Å². The first kappa shape index (κ1) is 28.9. The van der Waals surface area contributed by atoms with E-state index < -0.39 is 0 Å². The Labute approximate surface area is 193 Å². The van der Waals surface area contributed by atoms with Crippen LogP contribution in [0.5, 0.6) is 0 Å². The molecule has 2 heteroatoms. The van der Waals surface area contributed by atoms with Crippen molar-refractivity contribution in [3.05, 3.63) is 46.6 Å². The number of hydrogen-bond donors (Lipinski definition) is 0. The summed E-state index contributed by atoms with van der Waals surface area (Å²) in [6.07, 6.45) is 23.5. The van der Waals surface area contributed by atoms with Gasteiger partial charge in [0.05, 0.1) is 0 Å². The van der Waals surface area contributed by atoms with Crippen LogP contribution in [0, 0.1) is 0 Å². The molecule has 0 aromatic carbocycles. The maximum Gasteiger partial charge on any atom is 0.160 e. The maximum atomic E-state index is 5.69. The summed E-state index contributed by atoms with van der Waals surface area (Å²) < 4.78 is 5.69. The molecule has 0 aromatic rings. The smallest absolute Gasteiger partial charge is 0.160 e. The Kier molecular flexibility index (Phi) is 19.0. The van der Waals surface area contributed by atoms with Crippen molar-refractivity contribution in [1.82, 2.24) is 0 Å². The topological polar surface area (TPSA) is 9.23 Å². The van der Waals surface area contributed by atoms with Crippen molar-refractivity contribution in [2.75, 3.05) is 6.61 Å². The van der Waals surface area contributed by atoms with Crippen LogP contribution < -0.4 is 0 Å². The number of hydrogen-bond acceptors (Lipinski definition) is 2. The Balaban J connectivity index is 3.92. The van der Waals surface area contributed by atoms with Gasteiger partial charge in [0.1, 0.15) is 6.61 Å². The van der Waals surface area contributed by atoms with Crippen LogP contribution in [-0.4, -0.2) is 11.7 Å². The lowest BCUT2D eigenvalue weighted by atomic mass is 10.0. The number of thiocarbonyl (C=S) groups is 1. The lowest BCUT2D eigenvalue weighted by Crippen LogP contribution is -2.02. The Morgan fingerprint density at radius 2 is 1.13 bits per heavy atom. The van der Waals surface area contributed by atoms with Crippen molar-refractivity contribution >= 4 is 17.3 Å². The number of rotatable bonds is 17.